The quantitative estimate of drug-likeness (QED) is 0.331. The molecule has 0 saturated carbocycles. The van der Waals surface area contributed by atoms with Crippen molar-refractivity contribution in [1.82, 2.24) is 4.90 Å². The van der Waals surface area contributed by atoms with Crippen LogP contribution in [0.4, 0.5) is 0 Å². The zero-order chi connectivity index (χ0) is 18.7. The molecule has 0 aliphatic carbocycles. The highest BCUT2D eigenvalue weighted by atomic mass is 32.2. The number of carbonyl (C=O) groups excluding carboxylic acids is 2. The van der Waals surface area contributed by atoms with Crippen LogP contribution in [0, 0.1) is 0 Å². The maximum Gasteiger partial charge on any atom is 0.338 e. The summed E-state index contributed by atoms with van der Waals surface area (Å²) in [5.74, 6) is 0.342. The van der Waals surface area contributed by atoms with Gasteiger partial charge in [0.2, 0.25) is 0 Å². The molecule has 2 aromatic carbocycles. The van der Waals surface area contributed by atoms with Crippen molar-refractivity contribution >= 4 is 23.9 Å². The number of hydrogen-bond donors (Lipinski definition) is 0. The van der Waals surface area contributed by atoms with Gasteiger partial charge in [0.1, 0.15) is 11.5 Å². The van der Waals surface area contributed by atoms with E-state index in [1.807, 2.05) is 0 Å². The van der Waals surface area contributed by atoms with E-state index >= 15 is 0 Å². The molecule has 0 aromatic heterocycles. The summed E-state index contributed by atoms with van der Waals surface area (Å²) in [6.07, 6.45) is 0. The SMILES string of the molecule is COOSc1ccc(Oc2cc(C(=O)OC)cc3c2CN(C)C3=O)cc1. The van der Waals surface area contributed by atoms with Crippen LogP contribution in [-0.2, 0) is 20.5 Å². The molecule has 0 spiro atoms. The van der Waals surface area contributed by atoms with Crippen molar-refractivity contribution < 1.29 is 28.3 Å². The summed E-state index contributed by atoms with van der Waals surface area (Å²) in [4.78, 5) is 31.2. The second kappa shape index (κ2) is 7.77. The molecule has 1 aliphatic heterocycles. The number of amides is 1. The minimum absolute atomic E-state index is 0.154. The molecular weight excluding hydrogens is 358 g/mol. The third kappa shape index (κ3) is 3.67. The number of nitrogens with zero attached hydrogens (tertiary/aromatic N) is 1. The van der Waals surface area contributed by atoms with Gasteiger partial charge >= 0.3 is 5.97 Å². The molecule has 1 aliphatic rings. The Morgan fingerprint density at radius 2 is 1.88 bits per heavy atom. The Hall–Kier alpha value is -2.55. The third-order valence-electron chi connectivity index (χ3n) is 3.85. The van der Waals surface area contributed by atoms with Gasteiger partial charge in [-0.3, -0.25) is 4.79 Å². The molecule has 0 fully saturated rings. The fraction of sp³-hybridized carbons (Fsp3) is 0.222. The lowest BCUT2D eigenvalue weighted by Crippen LogP contribution is -2.17. The van der Waals surface area contributed by atoms with E-state index in [4.69, 9.17) is 13.8 Å². The summed E-state index contributed by atoms with van der Waals surface area (Å²) in [6.45, 7) is 0.417. The maximum absolute atomic E-state index is 12.3. The van der Waals surface area contributed by atoms with Gasteiger partial charge in [-0.05, 0) is 36.4 Å². The Morgan fingerprint density at radius 1 is 1.15 bits per heavy atom. The predicted octanol–water partition coefficient (Wildman–Crippen LogP) is 3.44. The highest BCUT2D eigenvalue weighted by Gasteiger charge is 2.29. The van der Waals surface area contributed by atoms with Crippen LogP contribution < -0.4 is 4.74 Å². The predicted molar refractivity (Wildman–Crippen MR) is 94.0 cm³/mol. The van der Waals surface area contributed by atoms with Crippen LogP contribution in [0.15, 0.2) is 41.3 Å². The average Bonchev–Trinajstić information content (AvgIpc) is 2.95. The first-order chi connectivity index (χ1) is 12.5. The summed E-state index contributed by atoms with van der Waals surface area (Å²) in [6, 6.07) is 10.3. The molecule has 7 nitrogen and oxygen atoms in total. The van der Waals surface area contributed by atoms with Crippen LogP contribution in [0.5, 0.6) is 11.5 Å². The number of benzene rings is 2. The third-order valence-corrected chi connectivity index (χ3v) is 4.52. The van der Waals surface area contributed by atoms with E-state index in [-0.39, 0.29) is 11.5 Å². The van der Waals surface area contributed by atoms with Gasteiger partial charge in [0, 0.05) is 23.1 Å². The van der Waals surface area contributed by atoms with E-state index in [0.717, 1.165) is 22.5 Å². The molecule has 3 rings (SSSR count). The van der Waals surface area contributed by atoms with Crippen LogP contribution in [0.3, 0.4) is 0 Å². The lowest BCUT2D eigenvalue weighted by atomic mass is 10.0. The zero-order valence-electron chi connectivity index (χ0n) is 14.5. The van der Waals surface area contributed by atoms with Crippen molar-refractivity contribution in [3.05, 3.63) is 53.1 Å². The van der Waals surface area contributed by atoms with Gasteiger partial charge in [0.05, 0.1) is 38.4 Å². The second-order valence-corrected chi connectivity index (χ2v) is 6.32. The van der Waals surface area contributed by atoms with Crippen molar-refractivity contribution in [3.8, 4) is 11.5 Å². The molecule has 8 heteroatoms. The molecule has 0 atom stereocenters. The van der Waals surface area contributed by atoms with Gasteiger partial charge in [-0.25, -0.2) is 9.68 Å². The highest BCUT2D eigenvalue weighted by molar-refractivity contribution is 7.94. The van der Waals surface area contributed by atoms with Crippen molar-refractivity contribution in [2.45, 2.75) is 11.4 Å². The molecule has 0 radical (unpaired) electrons. The normalized spacial score (nSPS) is 12.9. The van der Waals surface area contributed by atoms with Crippen LogP contribution in [0.2, 0.25) is 0 Å². The standard InChI is InChI=1S/C18H17NO6S/c1-19-10-15-14(17(19)20)8-11(18(21)22-2)9-16(15)24-12-4-6-13(7-5-12)26-25-23-3/h4-9H,10H2,1-3H3. The summed E-state index contributed by atoms with van der Waals surface area (Å²) < 4.78 is 15.5. The Balaban J connectivity index is 1.92. The average molecular weight is 375 g/mol. The molecule has 26 heavy (non-hydrogen) atoms. The fourth-order valence-electron chi connectivity index (χ4n) is 2.60. The maximum atomic E-state index is 12.3. The van der Waals surface area contributed by atoms with E-state index in [1.54, 1.807) is 48.3 Å². The van der Waals surface area contributed by atoms with Gasteiger partial charge in [-0.1, -0.05) is 0 Å². The number of carbonyl (C=O) groups is 2. The van der Waals surface area contributed by atoms with Crippen molar-refractivity contribution in [1.29, 1.82) is 0 Å². The lowest BCUT2D eigenvalue weighted by Gasteiger charge is -2.12. The van der Waals surface area contributed by atoms with Gasteiger partial charge < -0.3 is 14.4 Å². The Morgan fingerprint density at radius 3 is 2.54 bits per heavy atom. The number of ether oxygens (including phenoxy) is 2. The Bertz CT molecular complexity index is 836. The molecular formula is C18H17NO6S. The smallest absolute Gasteiger partial charge is 0.338 e. The largest absolute Gasteiger partial charge is 0.465 e. The summed E-state index contributed by atoms with van der Waals surface area (Å²) in [7, 11) is 4.42. The van der Waals surface area contributed by atoms with Gasteiger partial charge in [-0.2, -0.15) is 4.33 Å². The molecule has 0 bridgehead atoms. The number of methoxy groups -OCH3 is 1. The topological polar surface area (TPSA) is 74.3 Å². The highest BCUT2D eigenvalue weighted by Crippen LogP contribution is 2.35. The van der Waals surface area contributed by atoms with E-state index in [2.05, 4.69) is 4.89 Å². The summed E-state index contributed by atoms with van der Waals surface area (Å²) >= 11 is 1.08. The fourth-order valence-corrected chi connectivity index (χ4v) is 3.00. The van der Waals surface area contributed by atoms with Crippen molar-refractivity contribution in [2.24, 2.45) is 0 Å². The van der Waals surface area contributed by atoms with Crippen LogP contribution in [0.1, 0.15) is 26.3 Å². The molecule has 1 amide bonds. The number of hydrogen-bond acceptors (Lipinski definition) is 7. The molecule has 0 N–H and O–H groups in total. The molecule has 0 saturated heterocycles. The summed E-state index contributed by atoms with van der Waals surface area (Å²) in [5, 5.41) is 0. The second-order valence-electron chi connectivity index (χ2n) is 5.54. The summed E-state index contributed by atoms with van der Waals surface area (Å²) in [5.41, 5.74) is 1.46. The Labute approximate surface area is 154 Å². The lowest BCUT2D eigenvalue weighted by molar-refractivity contribution is -0.160. The minimum atomic E-state index is -0.525. The van der Waals surface area contributed by atoms with Crippen molar-refractivity contribution in [3.63, 3.8) is 0 Å². The monoisotopic (exact) mass is 375 g/mol. The Kier molecular flexibility index (Phi) is 5.46. The van der Waals surface area contributed by atoms with E-state index in [1.165, 1.54) is 14.2 Å². The minimum Gasteiger partial charge on any atom is -0.465 e. The number of fused-ring (bicyclic) bond motifs is 1. The van der Waals surface area contributed by atoms with E-state index in [9.17, 15) is 9.59 Å². The molecule has 1 heterocycles. The van der Waals surface area contributed by atoms with Crippen molar-refractivity contribution in [2.75, 3.05) is 21.3 Å². The molecule has 136 valence electrons. The molecule has 0 unspecified atom stereocenters. The zero-order valence-corrected chi connectivity index (χ0v) is 15.3. The van der Waals surface area contributed by atoms with Gasteiger partial charge in [-0.15, -0.1) is 0 Å². The van der Waals surface area contributed by atoms with E-state index < -0.39 is 5.97 Å². The van der Waals surface area contributed by atoms with Crippen LogP contribution >= 0.6 is 12.0 Å². The molecule has 2 aromatic rings. The number of rotatable bonds is 6. The van der Waals surface area contributed by atoms with Crippen LogP contribution in [0.25, 0.3) is 0 Å². The number of esters is 1. The van der Waals surface area contributed by atoms with Crippen LogP contribution in [-0.4, -0.2) is 38.0 Å². The first-order valence-corrected chi connectivity index (χ1v) is 8.43. The first kappa shape index (κ1) is 18.2. The first-order valence-electron chi connectivity index (χ1n) is 7.69. The van der Waals surface area contributed by atoms with E-state index in [0.29, 0.717) is 23.6 Å². The van der Waals surface area contributed by atoms with Gasteiger partial charge in [0.15, 0.2) is 0 Å². The van der Waals surface area contributed by atoms with Gasteiger partial charge in [0.25, 0.3) is 5.91 Å².